The molecule has 0 aliphatic heterocycles. The van der Waals surface area contributed by atoms with Crippen molar-refractivity contribution in [3.05, 3.63) is 112 Å². The maximum absolute atomic E-state index is 13.1. The molecule has 0 atom stereocenters. The molecule has 0 unspecified atom stereocenters. The molecule has 3 aromatic carbocycles. The van der Waals surface area contributed by atoms with Gasteiger partial charge >= 0.3 is 0 Å². The molecule has 31 heavy (non-hydrogen) atoms. The van der Waals surface area contributed by atoms with Crippen LogP contribution in [0.1, 0.15) is 11.3 Å². The first-order valence-electron chi connectivity index (χ1n) is 9.84. The van der Waals surface area contributed by atoms with E-state index in [9.17, 15) is 4.79 Å². The number of rotatable bonds is 5. The molecule has 0 amide bonds. The molecule has 0 radical (unpaired) electrons. The molecule has 0 aliphatic carbocycles. The number of benzene rings is 3. The van der Waals surface area contributed by atoms with E-state index < -0.39 is 0 Å². The monoisotopic (exact) mass is 427 g/mol. The Morgan fingerprint density at radius 1 is 0.871 bits per heavy atom. The molecular formula is C24H18ClN5O. The number of fused-ring (bicyclic) bond motifs is 1. The van der Waals surface area contributed by atoms with Crippen LogP contribution < -0.4 is 5.56 Å². The van der Waals surface area contributed by atoms with E-state index in [0.29, 0.717) is 34.7 Å². The largest absolute Gasteiger partial charge is 0.293 e. The van der Waals surface area contributed by atoms with Crippen LogP contribution in [0.5, 0.6) is 0 Å². The van der Waals surface area contributed by atoms with Gasteiger partial charge in [0.05, 0.1) is 36.5 Å². The van der Waals surface area contributed by atoms with Gasteiger partial charge in [-0.15, -0.1) is 5.10 Å². The van der Waals surface area contributed by atoms with Crippen LogP contribution in [-0.2, 0) is 13.1 Å². The molecule has 5 aromatic rings. The van der Waals surface area contributed by atoms with E-state index in [0.717, 1.165) is 16.7 Å². The quantitative estimate of drug-likeness (QED) is 0.417. The Balaban J connectivity index is 1.43. The number of nitrogens with zero attached hydrogens (tertiary/aromatic N) is 5. The average molecular weight is 428 g/mol. The first kappa shape index (κ1) is 19.2. The molecule has 0 N–H and O–H groups in total. The molecule has 0 bridgehead atoms. The van der Waals surface area contributed by atoms with E-state index in [1.54, 1.807) is 15.6 Å². The highest BCUT2D eigenvalue weighted by molar-refractivity contribution is 6.30. The third-order valence-corrected chi connectivity index (χ3v) is 5.36. The second-order valence-corrected chi connectivity index (χ2v) is 7.75. The fraction of sp³-hybridized carbons (Fsp3) is 0.0833. The highest BCUT2D eigenvalue weighted by Crippen LogP contribution is 2.23. The summed E-state index contributed by atoms with van der Waals surface area (Å²) in [5, 5.41) is 9.63. The van der Waals surface area contributed by atoms with Crippen LogP contribution in [0.25, 0.3) is 22.0 Å². The summed E-state index contributed by atoms with van der Waals surface area (Å²) in [5.41, 5.74) is 4.32. The summed E-state index contributed by atoms with van der Waals surface area (Å²) in [5.74, 6) is 0. The number of aromatic nitrogens is 5. The lowest BCUT2D eigenvalue weighted by Crippen LogP contribution is -2.21. The second-order valence-electron chi connectivity index (χ2n) is 7.31. The maximum Gasteiger partial charge on any atom is 0.261 e. The molecule has 0 aliphatic rings. The summed E-state index contributed by atoms with van der Waals surface area (Å²) in [4.78, 5) is 17.6. The van der Waals surface area contributed by atoms with Gasteiger partial charge in [-0.3, -0.25) is 9.36 Å². The molecule has 0 saturated heterocycles. The summed E-state index contributed by atoms with van der Waals surface area (Å²) in [6, 6.07) is 23.3. The van der Waals surface area contributed by atoms with Gasteiger partial charge in [-0.1, -0.05) is 65.3 Å². The Kier molecular flexibility index (Phi) is 5.06. The third kappa shape index (κ3) is 4.11. The van der Waals surface area contributed by atoms with Gasteiger partial charge in [-0.2, -0.15) is 0 Å². The van der Waals surface area contributed by atoms with Gasteiger partial charge in [0, 0.05) is 5.02 Å². The van der Waals surface area contributed by atoms with Gasteiger partial charge in [0.2, 0.25) is 0 Å². The van der Waals surface area contributed by atoms with Crippen molar-refractivity contribution in [3.8, 4) is 11.1 Å². The lowest BCUT2D eigenvalue weighted by molar-refractivity contribution is 0.648. The van der Waals surface area contributed by atoms with E-state index in [1.165, 1.54) is 0 Å². The van der Waals surface area contributed by atoms with Gasteiger partial charge in [0.15, 0.2) is 0 Å². The SMILES string of the molecule is O=c1c2cc(-c3ccc(Cl)cc3)ccc2ncn1Cc1cn(Cc2ccccc2)nn1. The van der Waals surface area contributed by atoms with E-state index in [4.69, 9.17) is 11.6 Å². The lowest BCUT2D eigenvalue weighted by Gasteiger charge is -2.07. The molecular weight excluding hydrogens is 410 g/mol. The molecule has 5 rings (SSSR count). The second kappa shape index (κ2) is 8.16. The Morgan fingerprint density at radius 3 is 2.45 bits per heavy atom. The van der Waals surface area contributed by atoms with E-state index in [2.05, 4.69) is 15.3 Å². The number of hydrogen-bond donors (Lipinski definition) is 0. The summed E-state index contributed by atoms with van der Waals surface area (Å²) in [6.45, 7) is 0.935. The van der Waals surface area contributed by atoms with Crippen molar-refractivity contribution in [1.82, 2.24) is 24.5 Å². The summed E-state index contributed by atoms with van der Waals surface area (Å²) in [7, 11) is 0. The maximum atomic E-state index is 13.1. The Morgan fingerprint density at radius 2 is 1.65 bits per heavy atom. The Bertz CT molecular complexity index is 1410. The number of halogens is 1. The summed E-state index contributed by atoms with van der Waals surface area (Å²) < 4.78 is 3.33. The molecule has 0 fully saturated rings. The minimum atomic E-state index is -0.113. The predicted molar refractivity (Wildman–Crippen MR) is 121 cm³/mol. The van der Waals surface area contributed by atoms with Crippen LogP contribution in [0.15, 0.2) is 90.1 Å². The summed E-state index contributed by atoms with van der Waals surface area (Å²) >= 11 is 5.99. The zero-order valence-corrected chi connectivity index (χ0v) is 17.3. The molecule has 152 valence electrons. The zero-order valence-electron chi connectivity index (χ0n) is 16.5. The van der Waals surface area contributed by atoms with Gasteiger partial charge in [0.25, 0.3) is 5.56 Å². The normalized spacial score (nSPS) is 11.1. The van der Waals surface area contributed by atoms with Crippen molar-refractivity contribution in [3.63, 3.8) is 0 Å². The summed E-state index contributed by atoms with van der Waals surface area (Å²) in [6.07, 6.45) is 3.41. The van der Waals surface area contributed by atoms with Gasteiger partial charge in [0.1, 0.15) is 5.69 Å². The predicted octanol–water partition coefficient (Wildman–Crippen LogP) is 4.41. The van der Waals surface area contributed by atoms with Crippen LogP contribution in [0.2, 0.25) is 5.02 Å². The highest BCUT2D eigenvalue weighted by Gasteiger charge is 2.09. The van der Waals surface area contributed by atoms with Crippen molar-refractivity contribution in [2.24, 2.45) is 0 Å². The van der Waals surface area contributed by atoms with Crippen molar-refractivity contribution in [1.29, 1.82) is 0 Å². The molecule has 6 nitrogen and oxygen atoms in total. The molecule has 0 saturated carbocycles. The minimum absolute atomic E-state index is 0.113. The highest BCUT2D eigenvalue weighted by atomic mass is 35.5. The van der Waals surface area contributed by atoms with Gasteiger partial charge < -0.3 is 0 Å². The van der Waals surface area contributed by atoms with Crippen LogP contribution in [0.3, 0.4) is 0 Å². The fourth-order valence-electron chi connectivity index (χ4n) is 3.53. The van der Waals surface area contributed by atoms with Crippen LogP contribution >= 0.6 is 11.6 Å². The first-order valence-corrected chi connectivity index (χ1v) is 10.2. The first-order chi connectivity index (χ1) is 15.2. The van der Waals surface area contributed by atoms with E-state index in [-0.39, 0.29) is 5.56 Å². The standard InChI is InChI=1S/C24H18ClN5O/c25-20-9-6-18(7-10-20)19-8-11-23-22(12-19)24(31)29(16-26-23)14-21-15-30(28-27-21)13-17-4-2-1-3-5-17/h1-12,15-16H,13-14H2. The van der Waals surface area contributed by atoms with Crippen molar-refractivity contribution < 1.29 is 0 Å². The Hall–Kier alpha value is -3.77. The van der Waals surface area contributed by atoms with Crippen LogP contribution in [0, 0.1) is 0 Å². The fourth-order valence-corrected chi connectivity index (χ4v) is 3.65. The van der Waals surface area contributed by atoms with Crippen molar-refractivity contribution >= 4 is 22.5 Å². The van der Waals surface area contributed by atoms with E-state index >= 15 is 0 Å². The molecule has 2 aromatic heterocycles. The topological polar surface area (TPSA) is 65.6 Å². The lowest BCUT2D eigenvalue weighted by atomic mass is 10.0. The molecule has 7 heteroatoms. The van der Waals surface area contributed by atoms with Crippen molar-refractivity contribution in [2.45, 2.75) is 13.1 Å². The van der Waals surface area contributed by atoms with Crippen LogP contribution in [0.4, 0.5) is 0 Å². The molecule has 2 heterocycles. The van der Waals surface area contributed by atoms with Gasteiger partial charge in [-0.25, -0.2) is 9.67 Å². The average Bonchev–Trinajstić information content (AvgIpc) is 3.23. The van der Waals surface area contributed by atoms with Gasteiger partial charge in [-0.05, 0) is 41.0 Å². The zero-order chi connectivity index (χ0) is 21.2. The number of hydrogen-bond acceptors (Lipinski definition) is 4. The smallest absolute Gasteiger partial charge is 0.261 e. The Labute approximate surface area is 183 Å². The molecule has 0 spiro atoms. The third-order valence-electron chi connectivity index (χ3n) is 5.11. The van der Waals surface area contributed by atoms with Crippen molar-refractivity contribution in [2.75, 3.05) is 0 Å². The van der Waals surface area contributed by atoms with Crippen LogP contribution in [-0.4, -0.2) is 24.5 Å². The van der Waals surface area contributed by atoms with E-state index in [1.807, 2.05) is 79.0 Å². The minimum Gasteiger partial charge on any atom is -0.293 e.